The van der Waals surface area contributed by atoms with Gasteiger partial charge < -0.3 is 10.3 Å². The van der Waals surface area contributed by atoms with Crippen LogP contribution < -0.4 is 5.32 Å². The number of aryl methyl sites for hydroxylation is 1. The molecule has 3 aromatic rings. The van der Waals surface area contributed by atoms with Crippen LogP contribution in [0.3, 0.4) is 0 Å². The van der Waals surface area contributed by atoms with Gasteiger partial charge >= 0.3 is 0 Å². The smallest absolute Gasteiger partial charge is 0.224 e. The van der Waals surface area contributed by atoms with Crippen molar-refractivity contribution in [1.82, 2.24) is 15.3 Å². The normalized spacial score (nSPS) is 10.8. The molecule has 2 N–H and O–H groups in total. The summed E-state index contributed by atoms with van der Waals surface area (Å²) >= 11 is 0. The molecule has 0 saturated heterocycles. The maximum Gasteiger partial charge on any atom is 0.224 e. The lowest BCUT2D eigenvalue weighted by Crippen LogP contribution is -2.27. The van der Waals surface area contributed by atoms with Crippen molar-refractivity contribution in [3.63, 3.8) is 0 Å². The number of nitrogens with one attached hydrogen (secondary N) is 2. The van der Waals surface area contributed by atoms with E-state index < -0.39 is 0 Å². The Morgan fingerprint density at radius 3 is 2.77 bits per heavy atom. The van der Waals surface area contributed by atoms with E-state index in [0.29, 0.717) is 13.0 Å². The number of amides is 1. The summed E-state index contributed by atoms with van der Waals surface area (Å²) in [4.78, 5) is 19.5. The van der Waals surface area contributed by atoms with Crippen molar-refractivity contribution < 1.29 is 4.79 Å². The van der Waals surface area contributed by atoms with Gasteiger partial charge in [0.2, 0.25) is 5.91 Å². The molecule has 0 saturated carbocycles. The van der Waals surface area contributed by atoms with E-state index in [1.807, 2.05) is 43.3 Å². The highest BCUT2D eigenvalue weighted by Gasteiger charge is 2.04. The third-order valence-electron chi connectivity index (χ3n) is 3.61. The molecule has 0 aliphatic carbocycles. The summed E-state index contributed by atoms with van der Waals surface area (Å²) < 4.78 is 0. The van der Waals surface area contributed by atoms with Gasteiger partial charge in [0.15, 0.2) is 0 Å². The van der Waals surface area contributed by atoms with Crippen molar-refractivity contribution in [2.75, 3.05) is 6.54 Å². The highest BCUT2D eigenvalue weighted by Crippen LogP contribution is 2.13. The van der Waals surface area contributed by atoms with Gasteiger partial charge in [0.05, 0.1) is 17.5 Å². The Hall–Kier alpha value is -2.62. The Morgan fingerprint density at radius 1 is 1.14 bits per heavy atom. The van der Waals surface area contributed by atoms with Crippen LogP contribution >= 0.6 is 0 Å². The summed E-state index contributed by atoms with van der Waals surface area (Å²) in [6.45, 7) is 2.59. The van der Waals surface area contributed by atoms with Crippen LogP contribution in [0.2, 0.25) is 0 Å². The fraction of sp³-hybridized carbons (Fsp3) is 0.222. The summed E-state index contributed by atoms with van der Waals surface area (Å²) in [5.74, 6) is 0.980. The molecule has 0 atom stereocenters. The molecular formula is C18H19N3O. The number of H-pyrrole nitrogens is 1. The van der Waals surface area contributed by atoms with Crippen molar-refractivity contribution in [2.24, 2.45) is 0 Å². The molecule has 4 heteroatoms. The van der Waals surface area contributed by atoms with Gasteiger partial charge in [-0.15, -0.1) is 0 Å². The number of hydrogen-bond acceptors (Lipinski definition) is 2. The third kappa shape index (κ3) is 3.52. The molecule has 1 aromatic heterocycles. The van der Waals surface area contributed by atoms with E-state index in [2.05, 4.69) is 27.4 Å². The highest BCUT2D eigenvalue weighted by atomic mass is 16.1. The van der Waals surface area contributed by atoms with Gasteiger partial charge in [-0.3, -0.25) is 4.79 Å². The summed E-state index contributed by atoms with van der Waals surface area (Å²) in [5, 5.41) is 2.97. The second-order valence-electron chi connectivity index (χ2n) is 5.44. The van der Waals surface area contributed by atoms with Crippen LogP contribution in [0, 0.1) is 6.92 Å². The Labute approximate surface area is 129 Å². The largest absolute Gasteiger partial charge is 0.355 e. The molecule has 112 valence electrons. The Balaban J connectivity index is 1.52. The van der Waals surface area contributed by atoms with Crippen molar-refractivity contribution in [3.8, 4) is 0 Å². The van der Waals surface area contributed by atoms with Gasteiger partial charge in [-0.25, -0.2) is 4.98 Å². The van der Waals surface area contributed by atoms with E-state index in [1.54, 1.807) is 0 Å². The first-order valence-electron chi connectivity index (χ1n) is 7.46. The van der Waals surface area contributed by atoms with E-state index in [0.717, 1.165) is 28.8 Å². The molecule has 0 radical (unpaired) electrons. The van der Waals surface area contributed by atoms with E-state index in [1.165, 1.54) is 5.56 Å². The molecule has 0 aliphatic rings. The van der Waals surface area contributed by atoms with Crippen LogP contribution in [0.1, 0.15) is 17.0 Å². The monoisotopic (exact) mass is 293 g/mol. The SMILES string of the molecule is Cc1nc2ccc(CCNC(=O)Cc3ccccc3)cc2[nH]1. The first-order chi connectivity index (χ1) is 10.7. The topological polar surface area (TPSA) is 57.8 Å². The number of fused-ring (bicyclic) bond motifs is 1. The van der Waals surface area contributed by atoms with Crippen LogP contribution in [0.5, 0.6) is 0 Å². The molecule has 0 aliphatic heterocycles. The van der Waals surface area contributed by atoms with Crippen LogP contribution in [-0.2, 0) is 17.6 Å². The lowest BCUT2D eigenvalue weighted by atomic mass is 10.1. The second-order valence-corrected chi connectivity index (χ2v) is 5.44. The fourth-order valence-electron chi connectivity index (χ4n) is 2.53. The summed E-state index contributed by atoms with van der Waals surface area (Å²) in [5.41, 5.74) is 4.26. The van der Waals surface area contributed by atoms with Gasteiger partial charge in [0.1, 0.15) is 5.82 Å². The van der Waals surface area contributed by atoms with Gasteiger partial charge in [0.25, 0.3) is 0 Å². The van der Waals surface area contributed by atoms with Gasteiger partial charge in [0, 0.05) is 6.54 Å². The zero-order valence-electron chi connectivity index (χ0n) is 12.6. The summed E-state index contributed by atoms with van der Waals surface area (Å²) in [7, 11) is 0. The van der Waals surface area contributed by atoms with E-state index in [9.17, 15) is 4.79 Å². The van der Waals surface area contributed by atoms with E-state index in [4.69, 9.17) is 0 Å². The minimum Gasteiger partial charge on any atom is -0.355 e. The number of imidazole rings is 1. The predicted molar refractivity (Wildman–Crippen MR) is 87.7 cm³/mol. The molecule has 4 nitrogen and oxygen atoms in total. The molecule has 0 spiro atoms. The minimum absolute atomic E-state index is 0.0599. The zero-order chi connectivity index (χ0) is 15.4. The second kappa shape index (κ2) is 6.43. The molecule has 1 heterocycles. The Bertz CT molecular complexity index is 777. The third-order valence-corrected chi connectivity index (χ3v) is 3.61. The van der Waals surface area contributed by atoms with Crippen molar-refractivity contribution in [2.45, 2.75) is 19.8 Å². The number of aromatic amines is 1. The van der Waals surface area contributed by atoms with Gasteiger partial charge in [-0.2, -0.15) is 0 Å². The number of nitrogens with zero attached hydrogens (tertiary/aromatic N) is 1. The Morgan fingerprint density at radius 2 is 1.95 bits per heavy atom. The average Bonchev–Trinajstić information content (AvgIpc) is 2.87. The quantitative estimate of drug-likeness (QED) is 0.760. The van der Waals surface area contributed by atoms with E-state index in [-0.39, 0.29) is 5.91 Å². The van der Waals surface area contributed by atoms with Crippen molar-refractivity contribution in [1.29, 1.82) is 0 Å². The lowest BCUT2D eigenvalue weighted by molar-refractivity contribution is -0.120. The molecule has 1 amide bonds. The molecular weight excluding hydrogens is 274 g/mol. The van der Waals surface area contributed by atoms with Crippen molar-refractivity contribution in [3.05, 3.63) is 65.5 Å². The molecule has 2 aromatic carbocycles. The average molecular weight is 293 g/mol. The predicted octanol–water partition coefficient (Wildman–Crippen LogP) is 2.77. The first-order valence-corrected chi connectivity index (χ1v) is 7.46. The van der Waals surface area contributed by atoms with Crippen LogP contribution in [0.25, 0.3) is 11.0 Å². The fourth-order valence-corrected chi connectivity index (χ4v) is 2.53. The van der Waals surface area contributed by atoms with Crippen LogP contribution in [-0.4, -0.2) is 22.4 Å². The number of carbonyl (C=O) groups is 1. The van der Waals surface area contributed by atoms with Crippen LogP contribution in [0.4, 0.5) is 0 Å². The minimum atomic E-state index is 0.0599. The number of hydrogen-bond donors (Lipinski definition) is 2. The summed E-state index contributed by atoms with van der Waals surface area (Å²) in [6.07, 6.45) is 1.24. The van der Waals surface area contributed by atoms with Crippen molar-refractivity contribution >= 4 is 16.9 Å². The highest BCUT2D eigenvalue weighted by molar-refractivity contribution is 5.78. The number of carbonyl (C=O) groups excluding carboxylic acids is 1. The zero-order valence-corrected chi connectivity index (χ0v) is 12.6. The van der Waals surface area contributed by atoms with Gasteiger partial charge in [-0.1, -0.05) is 36.4 Å². The van der Waals surface area contributed by atoms with Crippen LogP contribution in [0.15, 0.2) is 48.5 Å². The number of rotatable bonds is 5. The molecule has 22 heavy (non-hydrogen) atoms. The standard InChI is InChI=1S/C18H19N3O/c1-13-20-16-8-7-15(11-17(16)21-13)9-10-19-18(22)12-14-5-3-2-4-6-14/h2-8,11H,9-10,12H2,1H3,(H,19,22)(H,20,21). The molecule has 0 fully saturated rings. The maximum absolute atomic E-state index is 11.9. The first kappa shape index (κ1) is 14.3. The lowest BCUT2D eigenvalue weighted by Gasteiger charge is -2.05. The van der Waals surface area contributed by atoms with E-state index >= 15 is 0 Å². The summed E-state index contributed by atoms with van der Waals surface area (Å²) in [6, 6.07) is 16.0. The Kier molecular flexibility index (Phi) is 4.19. The molecule has 0 unspecified atom stereocenters. The molecule has 3 rings (SSSR count). The molecule has 0 bridgehead atoms. The number of aromatic nitrogens is 2. The maximum atomic E-state index is 11.9. The van der Waals surface area contributed by atoms with Gasteiger partial charge in [-0.05, 0) is 36.6 Å². The number of benzene rings is 2.